The fourth-order valence-electron chi connectivity index (χ4n) is 4.09. The van der Waals surface area contributed by atoms with E-state index in [2.05, 4.69) is 33.9 Å². The molecule has 2 aliphatic rings. The number of hydrogen-bond donors (Lipinski definition) is 1. The Morgan fingerprint density at radius 1 is 1.14 bits per heavy atom. The molecule has 28 heavy (non-hydrogen) atoms. The van der Waals surface area contributed by atoms with Crippen molar-refractivity contribution in [3.63, 3.8) is 0 Å². The topological polar surface area (TPSA) is 57.7 Å². The van der Waals surface area contributed by atoms with Crippen LogP contribution in [-0.2, 0) is 4.74 Å². The van der Waals surface area contributed by atoms with Crippen LogP contribution in [-0.4, -0.2) is 66.8 Å². The smallest absolute Gasteiger partial charge is 0.269 e. The van der Waals surface area contributed by atoms with E-state index in [4.69, 9.17) is 4.74 Å². The highest BCUT2D eigenvalue weighted by Gasteiger charge is 2.26. The van der Waals surface area contributed by atoms with Crippen molar-refractivity contribution in [1.82, 2.24) is 15.2 Å². The molecule has 2 aliphatic heterocycles. The second-order valence-corrected chi connectivity index (χ2v) is 8.31. The van der Waals surface area contributed by atoms with Gasteiger partial charge in [0.25, 0.3) is 5.91 Å². The third-order valence-corrected chi connectivity index (χ3v) is 5.91. The average molecular weight is 389 g/mol. The molecule has 0 aliphatic carbocycles. The molecule has 156 valence electrons. The van der Waals surface area contributed by atoms with Crippen molar-refractivity contribution < 1.29 is 9.53 Å². The predicted molar refractivity (Wildman–Crippen MR) is 113 cm³/mol. The summed E-state index contributed by atoms with van der Waals surface area (Å²) >= 11 is 0. The van der Waals surface area contributed by atoms with E-state index in [0.29, 0.717) is 30.5 Å². The summed E-state index contributed by atoms with van der Waals surface area (Å²) in [6.45, 7) is 11.6. The van der Waals surface area contributed by atoms with Crippen LogP contribution >= 0.6 is 0 Å². The number of likely N-dealkylation sites (tertiary alicyclic amines) is 1. The van der Waals surface area contributed by atoms with Gasteiger partial charge in [-0.3, -0.25) is 4.79 Å². The van der Waals surface area contributed by atoms with E-state index in [0.717, 1.165) is 64.0 Å². The van der Waals surface area contributed by atoms with E-state index in [1.165, 1.54) is 0 Å². The van der Waals surface area contributed by atoms with Gasteiger partial charge >= 0.3 is 0 Å². The number of pyridine rings is 1. The summed E-state index contributed by atoms with van der Waals surface area (Å²) < 4.78 is 6.41. The van der Waals surface area contributed by atoms with Gasteiger partial charge in [-0.05, 0) is 58.1 Å². The lowest BCUT2D eigenvalue weighted by atomic mass is 10.0. The molecule has 1 N–H and O–H groups in total. The molecule has 3 rings (SSSR count). The molecule has 0 bridgehead atoms. The molecule has 0 radical (unpaired) electrons. The Balaban J connectivity index is 1.42. The van der Waals surface area contributed by atoms with E-state index in [-0.39, 0.29) is 5.91 Å². The summed E-state index contributed by atoms with van der Waals surface area (Å²) in [4.78, 5) is 21.2. The van der Waals surface area contributed by atoms with Crippen molar-refractivity contribution in [2.75, 3.05) is 37.6 Å². The van der Waals surface area contributed by atoms with Gasteiger partial charge in [-0.25, -0.2) is 4.98 Å². The Morgan fingerprint density at radius 3 is 2.32 bits per heavy atom. The van der Waals surface area contributed by atoms with Gasteiger partial charge < -0.3 is 19.9 Å². The molecule has 1 aromatic rings. The quantitative estimate of drug-likeness (QED) is 0.778. The van der Waals surface area contributed by atoms with E-state index in [1.54, 1.807) is 0 Å². The van der Waals surface area contributed by atoms with Crippen LogP contribution in [0.1, 0.15) is 63.4 Å². The molecular weight excluding hydrogens is 352 g/mol. The summed E-state index contributed by atoms with van der Waals surface area (Å²) in [7, 11) is 0. The van der Waals surface area contributed by atoms with Crippen LogP contribution in [0.15, 0.2) is 18.3 Å². The summed E-state index contributed by atoms with van der Waals surface area (Å²) in [5.41, 5.74) is 1.58. The molecule has 1 amide bonds. The van der Waals surface area contributed by atoms with E-state index in [9.17, 15) is 4.79 Å². The summed E-state index contributed by atoms with van der Waals surface area (Å²) in [6, 6.07) is 4.48. The maximum Gasteiger partial charge on any atom is 0.269 e. The molecule has 0 aromatic carbocycles. The number of amides is 1. The Bertz CT molecular complexity index is 603. The Morgan fingerprint density at radius 2 is 1.79 bits per heavy atom. The molecule has 1 aromatic heterocycles. The van der Waals surface area contributed by atoms with Crippen molar-refractivity contribution in [3.8, 4) is 0 Å². The highest BCUT2D eigenvalue weighted by Crippen LogP contribution is 2.24. The van der Waals surface area contributed by atoms with Crippen LogP contribution in [0.3, 0.4) is 0 Å². The van der Waals surface area contributed by atoms with Gasteiger partial charge in [-0.2, -0.15) is 0 Å². The Hall–Kier alpha value is -1.66. The minimum atomic E-state index is -0.0935. The maximum atomic E-state index is 12.0. The van der Waals surface area contributed by atoms with Crippen LogP contribution < -0.4 is 10.2 Å². The third-order valence-electron chi connectivity index (χ3n) is 5.91. The second-order valence-electron chi connectivity index (χ2n) is 8.31. The van der Waals surface area contributed by atoms with Crippen LogP contribution in [0.25, 0.3) is 0 Å². The van der Waals surface area contributed by atoms with Crippen LogP contribution in [0.2, 0.25) is 0 Å². The Labute approximate surface area is 169 Å². The number of anilines is 1. The Kier molecular flexibility index (Phi) is 7.68. The summed E-state index contributed by atoms with van der Waals surface area (Å²) in [5.74, 6) is -0.0935. The molecule has 0 unspecified atom stereocenters. The minimum Gasteiger partial charge on any atom is -0.375 e. The van der Waals surface area contributed by atoms with Crippen LogP contribution in [0.5, 0.6) is 0 Å². The van der Waals surface area contributed by atoms with Gasteiger partial charge in [0.2, 0.25) is 0 Å². The molecule has 0 atom stereocenters. The van der Waals surface area contributed by atoms with Crippen molar-refractivity contribution in [3.05, 3.63) is 24.0 Å². The first kappa shape index (κ1) is 21.1. The fourth-order valence-corrected chi connectivity index (χ4v) is 4.09. The zero-order chi connectivity index (χ0) is 19.9. The number of aromatic nitrogens is 1. The van der Waals surface area contributed by atoms with Gasteiger partial charge in [0.05, 0.1) is 24.1 Å². The zero-order valence-electron chi connectivity index (χ0n) is 17.7. The number of carbonyl (C=O) groups is 1. The number of ether oxygens (including phenoxy) is 1. The zero-order valence-corrected chi connectivity index (χ0v) is 17.7. The van der Waals surface area contributed by atoms with Crippen molar-refractivity contribution in [2.24, 2.45) is 0 Å². The largest absolute Gasteiger partial charge is 0.375 e. The molecule has 3 heterocycles. The minimum absolute atomic E-state index is 0.0935. The van der Waals surface area contributed by atoms with Crippen molar-refractivity contribution in [2.45, 2.75) is 71.1 Å². The monoisotopic (exact) mass is 388 g/mol. The van der Waals surface area contributed by atoms with Gasteiger partial charge in [0.1, 0.15) is 5.69 Å². The molecular formula is C22H36N4O2. The van der Waals surface area contributed by atoms with Crippen molar-refractivity contribution in [1.29, 1.82) is 0 Å². The lowest BCUT2D eigenvalue weighted by Gasteiger charge is -2.38. The molecule has 0 spiro atoms. The summed E-state index contributed by atoms with van der Waals surface area (Å²) in [6.07, 6.45) is 7.98. The van der Waals surface area contributed by atoms with Gasteiger partial charge in [-0.15, -0.1) is 0 Å². The average Bonchev–Trinajstić information content (AvgIpc) is 2.73. The summed E-state index contributed by atoms with van der Waals surface area (Å²) in [5, 5.41) is 2.87. The highest BCUT2D eigenvalue weighted by atomic mass is 16.5. The molecule has 0 saturated carbocycles. The maximum absolute atomic E-state index is 12.0. The first-order valence-electron chi connectivity index (χ1n) is 11.0. The molecule has 2 fully saturated rings. The predicted octanol–water partition coefficient (Wildman–Crippen LogP) is 3.08. The molecule has 6 heteroatoms. The van der Waals surface area contributed by atoms with E-state index < -0.39 is 0 Å². The number of hydrogen-bond acceptors (Lipinski definition) is 5. The van der Waals surface area contributed by atoms with Gasteiger partial charge in [-0.1, -0.05) is 6.92 Å². The fraction of sp³-hybridized carbons (Fsp3) is 0.727. The lowest BCUT2D eigenvalue weighted by molar-refractivity contribution is -0.0540. The standard InChI is InChI=1S/C22H36N4O2/c1-4-11-23-22(27)21-6-5-18(16-24-21)26-14-9-20(10-15-26)28-19-7-12-25(13-8-19)17(2)3/h5-6,16-17,19-20H,4,7-15H2,1-3H3,(H,23,27). The van der Waals surface area contributed by atoms with E-state index >= 15 is 0 Å². The number of nitrogens with one attached hydrogen (secondary N) is 1. The number of piperidine rings is 2. The second kappa shape index (κ2) is 10.2. The first-order valence-corrected chi connectivity index (χ1v) is 11.0. The van der Waals surface area contributed by atoms with Crippen molar-refractivity contribution >= 4 is 11.6 Å². The number of rotatable bonds is 7. The molecule has 6 nitrogen and oxygen atoms in total. The number of carbonyl (C=O) groups excluding carboxylic acids is 1. The van der Waals surface area contributed by atoms with E-state index in [1.807, 2.05) is 25.3 Å². The van der Waals surface area contributed by atoms with Crippen LogP contribution in [0, 0.1) is 0 Å². The SMILES string of the molecule is CCCNC(=O)c1ccc(N2CCC(OC3CCN(C(C)C)CC3)CC2)cn1. The van der Waals surface area contributed by atoms with Gasteiger partial charge in [0, 0.05) is 38.8 Å². The lowest BCUT2D eigenvalue weighted by Crippen LogP contribution is -2.43. The van der Waals surface area contributed by atoms with Crippen LogP contribution in [0.4, 0.5) is 5.69 Å². The number of nitrogens with zero attached hydrogens (tertiary/aromatic N) is 3. The first-order chi connectivity index (χ1) is 13.6. The third kappa shape index (κ3) is 5.67. The molecule has 2 saturated heterocycles. The normalized spacial score (nSPS) is 19.9. The highest BCUT2D eigenvalue weighted by molar-refractivity contribution is 5.92. The van der Waals surface area contributed by atoms with Gasteiger partial charge in [0.15, 0.2) is 0 Å².